The zero-order chi connectivity index (χ0) is 10.3. The number of nitrogen functional groups attached to an aromatic ring is 1. The van der Waals surface area contributed by atoms with E-state index in [2.05, 4.69) is 10.00 Å². The Hall–Kier alpha value is -1.03. The van der Waals surface area contributed by atoms with Gasteiger partial charge in [0.2, 0.25) is 0 Å². The van der Waals surface area contributed by atoms with Crippen LogP contribution >= 0.6 is 0 Å². The van der Waals surface area contributed by atoms with Gasteiger partial charge in [0.1, 0.15) is 0 Å². The minimum Gasteiger partial charge on any atom is -0.396 e. The molecule has 0 radical (unpaired) electrons. The van der Waals surface area contributed by atoms with Crippen LogP contribution in [-0.4, -0.2) is 33.8 Å². The van der Waals surface area contributed by atoms with Gasteiger partial charge in [0.15, 0.2) is 0 Å². The van der Waals surface area contributed by atoms with Crippen LogP contribution in [0.15, 0.2) is 12.4 Å². The number of anilines is 1. The lowest BCUT2D eigenvalue weighted by Gasteiger charge is -2.26. The second kappa shape index (κ2) is 3.52. The van der Waals surface area contributed by atoms with Crippen molar-refractivity contribution in [2.75, 3.05) is 18.8 Å². The maximum absolute atomic E-state index is 5.63. The highest BCUT2D eigenvalue weighted by atomic mass is 15.3. The maximum atomic E-state index is 5.63. The van der Waals surface area contributed by atoms with E-state index in [1.54, 1.807) is 6.20 Å². The van der Waals surface area contributed by atoms with E-state index in [0.29, 0.717) is 0 Å². The average Bonchev–Trinajstić information content (AvgIpc) is 2.90. The van der Waals surface area contributed by atoms with Gasteiger partial charge < -0.3 is 5.73 Å². The predicted octanol–water partition coefficient (Wildman–Crippen LogP) is 0.950. The van der Waals surface area contributed by atoms with Gasteiger partial charge in [-0.1, -0.05) is 0 Å². The quantitative estimate of drug-likeness (QED) is 0.801. The fourth-order valence-electron chi connectivity index (χ4n) is 3.03. The smallest absolute Gasteiger partial charge is 0.0719 e. The molecule has 0 amide bonds. The predicted molar refractivity (Wildman–Crippen MR) is 59.3 cm³/mol. The van der Waals surface area contributed by atoms with Crippen LogP contribution in [0.5, 0.6) is 0 Å². The Morgan fingerprint density at radius 1 is 1.40 bits per heavy atom. The molecule has 1 saturated heterocycles. The monoisotopic (exact) mass is 206 g/mol. The Morgan fingerprint density at radius 3 is 2.93 bits per heavy atom. The molecule has 1 aromatic heterocycles. The van der Waals surface area contributed by atoms with Crippen LogP contribution in [0.1, 0.15) is 19.3 Å². The van der Waals surface area contributed by atoms with Crippen molar-refractivity contribution in [3.63, 3.8) is 0 Å². The number of hydrogen-bond acceptors (Lipinski definition) is 3. The SMILES string of the molecule is Nc1cnn(CCN2CC3CCC2C3)c1. The van der Waals surface area contributed by atoms with Gasteiger partial charge >= 0.3 is 0 Å². The third-order valence-electron chi connectivity index (χ3n) is 3.79. The molecule has 1 aliphatic carbocycles. The first-order valence-electron chi connectivity index (χ1n) is 5.83. The van der Waals surface area contributed by atoms with E-state index in [1.807, 2.05) is 10.9 Å². The molecular weight excluding hydrogens is 188 g/mol. The topological polar surface area (TPSA) is 47.1 Å². The maximum Gasteiger partial charge on any atom is 0.0719 e. The van der Waals surface area contributed by atoms with Crippen LogP contribution in [0.3, 0.4) is 0 Å². The van der Waals surface area contributed by atoms with Gasteiger partial charge in [0.25, 0.3) is 0 Å². The van der Waals surface area contributed by atoms with Crippen LogP contribution in [0, 0.1) is 5.92 Å². The van der Waals surface area contributed by atoms with Crippen molar-refractivity contribution in [2.24, 2.45) is 5.92 Å². The molecule has 15 heavy (non-hydrogen) atoms. The molecule has 2 unspecified atom stereocenters. The zero-order valence-corrected chi connectivity index (χ0v) is 8.97. The number of rotatable bonds is 3. The molecule has 2 heterocycles. The molecule has 4 heteroatoms. The zero-order valence-electron chi connectivity index (χ0n) is 8.97. The normalized spacial score (nSPS) is 30.1. The van der Waals surface area contributed by atoms with Crippen LogP contribution in [0.4, 0.5) is 5.69 Å². The number of hydrogen-bond donors (Lipinski definition) is 1. The highest BCUT2D eigenvalue weighted by Crippen LogP contribution is 2.36. The summed E-state index contributed by atoms with van der Waals surface area (Å²) in [5.74, 6) is 0.984. The molecule has 2 fully saturated rings. The molecule has 2 bridgehead atoms. The molecule has 1 aliphatic heterocycles. The Morgan fingerprint density at radius 2 is 2.33 bits per heavy atom. The summed E-state index contributed by atoms with van der Waals surface area (Å²) in [6.45, 7) is 3.41. The van der Waals surface area contributed by atoms with Gasteiger partial charge in [0, 0.05) is 25.3 Å². The molecule has 0 aromatic carbocycles. The molecular formula is C11H18N4. The summed E-state index contributed by atoms with van der Waals surface area (Å²) in [7, 11) is 0. The highest BCUT2D eigenvalue weighted by Gasteiger charge is 2.37. The molecule has 0 spiro atoms. The van der Waals surface area contributed by atoms with E-state index in [-0.39, 0.29) is 0 Å². The van der Waals surface area contributed by atoms with Crippen LogP contribution < -0.4 is 5.73 Å². The standard InChI is InChI=1S/C11H18N4/c12-10-6-13-15(8-10)4-3-14-7-9-1-2-11(14)5-9/h6,8-9,11H,1-5,7,12H2. The van der Waals surface area contributed by atoms with Gasteiger partial charge in [-0.15, -0.1) is 0 Å². The lowest BCUT2D eigenvalue weighted by atomic mass is 10.1. The minimum absolute atomic E-state index is 0.762. The van der Waals surface area contributed by atoms with Crippen LogP contribution in [0.25, 0.3) is 0 Å². The summed E-state index contributed by atoms with van der Waals surface area (Å²) >= 11 is 0. The number of likely N-dealkylation sites (tertiary alicyclic amines) is 1. The Labute approximate surface area is 90.0 Å². The van der Waals surface area contributed by atoms with E-state index in [9.17, 15) is 0 Å². The number of piperidine rings is 1. The fourth-order valence-corrected chi connectivity index (χ4v) is 3.03. The first kappa shape index (κ1) is 9.21. The van der Waals surface area contributed by atoms with Crippen molar-refractivity contribution in [1.82, 2.24) is 14.7 Å². The van der Waals surface area contributed by atoms with E-state index < -0.39 is 0 Å². The van der Waals surface area contributed by atoms with Crippen LogP contribution in [0.2, 0.25) is 0 Å². The second-order valence-corrected chi connectivity index (χ2v) is 4.86. The van der Waals surface area contributed by atoms with Crippen molar-refractivity contribution >= 4 is 5.69 Å². The number of nitrogens with zero attached hydrogens (tertiary/aromatic N) is 3. The van der Waals surface area contributed by atoms with Gasteiger partial charge in [-0.3, -0.25) is 9.58 Å². The third-order valence-corrected chi connectivity index (χ3v) is 3.79. The van der Waals surface area contributed by atoms with Crippen molar-refractivity contribution in [2.45, 2.75) is 31.8 Å². The summed E-state index contributed by atoms with van der Waals surface area (Å²) in [4.78, 5) is 2.62. The summed E-state index contributed by atoms with van der Waals surface area (Å²) in [5, 5.41) is 4.20. The van der Waals surface area contributed by atoms with Gasteiger partial charge in [-0.25, -0.2) is 0 Å². The molecule has 2 N–H and O–H groups in total. The largest absolute Gasteiger partial charge is 0.396 e. The molecule has 82 valence electrons. The van der Waals surface area contributed by atoms with Gasteiger partial charge in [-0.2, -0.15) is 5.10 Å². The van der Waals surface area contributed by atoms with Crippen molar-refractivity contribution < 1.29 is 0 Å². The lowest BCUT2D eigenvalue weighted by molar-refractivity contribution is 0.203. The minimum atomic E-state index is 0.762. The summed E-state index contributed by atoms with van der Waals surface area (Å²) < 4.78 is 1.95. The second-order valence-electron chi connectivity index (χ2n) is 4.86. The Balaban J connectivity index is 1.54. The van der Waals surface area contributed by atoms with E-state index in [1.165, 1.54) is 25.8 Å². The van der Waals surface area contributed by atoms with Crippen molar-refractivity contribution in [1.29, 1.82) is 0 Å². The fraction of sp³-hybridized carbons (Fsp3) is 0.727. The molecule has 1 saturated carbocycles. The molecule has 3 rings (SSSR count). The average molecular weight is 206 g/mol. The summed E-state index contributed by atoms with van der Waals surface area (Å²) in [6, 6.07) is 0.864. The van der Waals surface area contributed by atoms with Crippen molar-refractivity contribution in [3.05, 3.63) is 12.4 Å². The van der Waals surface area contributed by atoms with E-state index in [0.717, 1.165) is 30.7 Å². The number of nitrogens with two attached hydrogens (primary N) is 1. The van der Waals surface area contributed by atoms with E-state index in [4.69, 9.17) is 5.73 Å². The molecule has 2 atom stereocenters. The first-order chi connectivity index (χ1) is 7.31. The molecule has 2 aliphatic rings. The van der Waals surface area contributed by atoms with E-state index >= 15 is 0 Å². The summed E-state index contributed by atoms with van der Waals surface area (Å²) in [5.41, 5.74) is 6.39. The number of aromatic nitrogens is 2. The third kappa shape index (κ3) is 1.74. The Bertz CT molecular complexity index is 346. The van der Waals surface area contributed by atoms with Gasteiger partial charge in [0.05, 0.1) is 18.4 Å². The molecule has 1 aromatic rings. The van der Waals surface area contributed by atoms with Crippen LogP contribution in [-0.2, 0) is 6.54 Å². The Kier molecular flexibility index (Phi) is 2.16. The van der Waals surface area contributed by atoms with Crippen molar-refractivity contribution in [3.8, 4) is 0 Å². The number of fused-ring (bicyclic) bond motifs is 2. The highest BCUT2D eigenvalue weighted by molar-refractivity contribution is 5.30. The summed E-state index contributed by atoms with van der Waals surface area (Å²) in [6.07, 6.45) is 7.92. The van der Waals surface area contributed by atoms with Gasteiger partial charge in [-0.05, 0) is 25.2 Å². The lowest BCUT2D eigenvalue weighted by Crippen LogP contribution is -2.34. The molecule has 4 nitrogen and oxygen atoms in total. The first-order valence-corrected chi connectivity index (χ1v) is 5.83.